The van der Waals surface area contributed by atoms with Crippen molar-refractivity contribution in [1.82, 2.24) is 10.5 Å². The van der Waals surface area contributed by atoms with Crippen LogP contribution in [0.25, 0.3) is 0 Å². The largest absolute Gasteiger partial charge is 0.288 e. The van der Waals surface area contributed by atoms with Crippen molar-refractivity contribution in [3.63, 3.8) is 0 Å². The second-order valence-corrected chi connectivity index (χ2v) is 2.72. The number of carbonyl (C=O) groups is 1. The first-order valence-electron chi connectivity index (χ1n) is 2.91. The van der Waals surface area contributed by atoms with Crippen LogP contribution in [-0.4, -0.2) is 16.1 Å². The van der Waals surface area contributed by atoms with Gasteiger partial charge in [0.1, 0.15) is 10.3 Å². The summed E-state index contributed by atoms with van der Waals surface area (Å²) in [5, 5.41) is 8.46. The van der Waals surface area contributed by atoms with Crippen molar-refractivity contribution in [3.8, 4) is 0 Å². The molecule has 6 heteroatoms. The number of carbonyl (C=O) groups excluding carboxylic acids is 1. The van der Waals surface area contributed by atoms with Gasteiger partial charge in [0.2, 0.25) is 0 Å². The first-order valence-corrected chi connectivity index (χ1v) is 3.66. The number of amides is 1. The van der Waals surface area contributed by atoms with Crippen molar-refractivity contribution in [3.05, 3.63) is 28.0 Å². The molecule has 0 aliphatic heterocycles. The SMILES string of the molecule is O=C(NO)c1cc(Cl)nc(Cl)c1. The molecule has 0 bridgehead atoms. The van der Waals surface area contributed by atoms with E-state index in [1.807, 2.05) is 0 Å². The van der Waals surface area contributed by atoms with E-state index in [-0.39, 0.29) is 15.9 Å². The molecule has 0 aliphatic carbocycles. The molecule has 0 saturated heterocycles. The fourth-order valence-electron chi connectivity index (χ4n) is 0.661. The zero-order chi connectivity index (χ0) is 9.14. The Labute approximate surface area is 78.1 Å². The molecule has 1 rings (SSSR count). The van der Waals surface area contributed by atoms with Crippen LogP contribution in [0.4, 0.5) is 0 Å². The molecule has 0 spiro atoms. The summed E-state index contributed by atoms with van der Waals surface area (Å²) in [4.78, 5) is 14.4. The van der Waals surface area contributed by atoms with E-state index >= 15 is 0 Å². The van der Waals surface area contributed by atoms with Crippen LogP contribution < -0.4 is 5.48 Å². The molecule has 0 fully saturated rings. The van der Waals surface area contributed by atoms with Crippen molar-refractivity contribution in [2.24, 2.45) is 0 Å². The minimum absolute atomic E-state index is 0.0982. The lowest BCUT2D eigenvalue weighted by Crippen LogP contribution is -2.18. The maximum Gasteiger partial charge on any atom is 0.274 e. The molecule has 0 aromatic carbocycles. The van der Waals surface area contributed by atoms with E-state index < -0.39 is 5.91 Å². The molecule has 0 saturated carbocycles. The third kappa shape index (κ3) is 2.07. The molecular formula is C6H4Cl2N2O2. The Kier molecular flexibility index (Phi) is 2.86. The quantitative estimate of drug-likeness (QED) is 0.416. The molecule has 1 heterocycles. The van der Waals surface area contributed by atoms with Crippen molar-refractivity contribution in [2.75, 3.05) is 0 Å². The first-order chi connectivity index (χ1) is 5.63. The van der Waals surface area contributed by atoms with Crippen LogP contribution in [0, 0.1) is 0 Å². The molecular weight excluding hydrogens is 203 g/mol. The van der Waals surface area contributed by atoms with Gasteiger partial charge in [-0.05, 0) is 12.1 Å². The topological polar surface area (TPSA) is 62.2 Å². The van der Waals surface area contributed by atoms with E-state index in [1.165, 1.54) is 17.6 Å². The van der Waals surface area contributed by atoms with Crippen LogP contribution in [-0.2, 0) is 0 Å². The minimum Gasteiger partial charge on any atom is -0.288 e. The lowest BCUT2D eigenvalue weighted by molar-refractivity contribution is 0.0706. The molecule has 2 N–H and O–H groups in total. The highest BCUT2D eigenvalue weighted by Crippen LogP contribution is 2.14. The number of halogens is 2. The van der Waals surface area contributed by atoms with Gasteiger partial charge in [0.25, 0.3) is 5.91 Å². The number of hydrogen-bond acceptors (Lipinski definition) is 3. The molecule has 4 nitrogen and oxygen atoms in total. The molecule has 64 valence electrons. The van der Waals surface area contributed by atoms with Crippen molar-refractivity contribution in [2.45, 2.75) is 0 Å². The Bertz CT molecular complexity index is 296. The molecule has 12 heavy (non-hydrogen) atoms. The molecule has 0 radical (unpaired) electrons. The van der Waals surface area contributed by atoms with Crippen LogP contribution in [0.2, 0.25) is 10.3 Å². The van der Waals surface area contributed by atoms with Gasteiger partial charge in [0.15, 0.2) is 0 Å². The number of nitrogens with one attached hydrogen (secondary N) is 1. The number of pyridine rings is 1. The van der Waals surface area contributed by atoms with Crippen LogP contribution in [0.15, 0.2) is 12.1 Å². The lowest BCUT2D eigenvalue weighted by atomic mass is 10.2. The zero-order valence-electron chi connectivity index (χ0n) is 5.71. The van der Waals surface area contributed by atoms with Gasteiger partial charge in [-0.25, -0.2) is 10.5 Å². The Morgan fingerprint density at radius 3 is 2.33 bits per heavy atom. The fourth-order valence-corrected chi connectivity index (χ4v) is 1.12. The maximum atomic E-state index is 10.8. The average molecular weight is 207 g/mol. The van der Waals surface area contributed by atoms with Crippen molar-refractivity contribution >= 4 is 29.1 Å². The Morgan fingerprint density at radius 1 is 1.42 bits per heavy atom. The summed E-state index contributed by atoms with van der Waals surface area (Å²) in [6.07, 6.45) is 0. The van der Waals surface area contributed by atoms with Crippen LogP contribution in [0.5, 0.6) is 0 Å². The predicted molar refractivity (Wildman–Crippen MR) is 43.5 cm³/mol. The molecule has 1 aromatic heterocycles. The smallest absolute Gasteiger partial charge is 0.274 e. The molecule has 1 amide bonds. The highest BCUT2D eigenvalue weighted by atomic mass is 35.5. The number of hydroxylamine groups is 1. The summed E-state index contributed by atoms with van der Waals surface area (Å²) >= 11 is 11.0. The summed E-state index contributed by atoms with van der Waals surface area (Å²) < 4.78 is 0. The van der Waals surface area contributed by atoms with E-state index in [1.54, 1.807) is 0 Å². The van der Waals surface area contributed by atoms with Gasteiger partial charge < -0.3 is 0 Å². The Hall–Kier alpha value is -0.840. The van der Waals surface area contributed by atoms with E-state index in [4.69, 9.17) is 28.4 Å². The number of hydrogen-bond donors (Lipinski definition) is 2. The number of rotatable bonds is 1. The highest BCUT2D eigenvalue weighted by molar-refractivity contribution is 6.33. The standard InChI is InChI=1S/C6H4Cl2N2O2/c7-4-1-3(6(11)10-12)2-5(8)9-4/h1-2,12H,(H,10,11). The van der Waals surface area contributed by atoms with Gasteiger partial charge >= 0.3 is 0 Å². The summed E-state index contributed by atoms with van der Waals surface area (Å²) in [6, 6.07) is 2.58. The van der Waals surface area contributed by atoms with Gasteiger partial charge in [0.05, 0.1) is 0 Å². The summed E-state index contributed by atoms with van der Waals surface area (Å²) in [5.41, 5.74) is 1.61. The summed E-state index contributed by atoms with van der Waals surface area (Å²) in [7, 11) is 0. The van der Waals surface area contributed by atoms with Gasteiger partial charge in [-0.15, -0.1) is 0 Å². The third-order valence-electron chi connectivity index (χ3n) is 1.13. The third-order valence-corrected chi connectivity index (χ3v) is 1.51. The molecule has 0 aliphatic rings. The second-order valence-electron chi connectivity index (χ2n) is 1.94. The second kappa shape index (κ2) is 3.71. The van der Waals surface area contributed by atoms with Crippen LogP contribution in [0.1, 0.15) is 10.4 Å². The van der Waals surface area contributed by atoms with Crippen molar-refractivity contribution in [1.29, 1.82) is 0 Å². The van der Waals surface area contributed by atoms with E-state index in [0.29, 0.717) is 0 Å². The Morgan fingerprint density at radius 2 is 1.92 bits per heavy atom. The first kappa shape index (κ1) is 9.25. The van der Waals surface area contributed by atoms with E-state index in [2.05, 4.69) is 4.98 Å². The fraction of sp³-hybridized carbons (Fsp3) is 0. The Balaban J connectivity index is 3.08. The monoisotopic (exact) mass is 206 g/mol. The van der Waals surface area contributed by atoms with Gasteiger partial charge in [-0.2, -0.15) is 0 Å². The van der Waals surface area contributed by atoms with Crippen LogP contribution >= 0.6 is 23.2 Å². The number of aromatic nitrogens is 1. The van der Waals surface area contributed by atoms with Gasteiger partial charge in [-0.3, -0.25) is 10.0 Å². The number of nitrogens with zero attached hydrogens (tertiary/aromatic N) is 1. The van der Waals surface area contributed by atoms with E-state index in [0.717, 1.165) is 0 Å². The molecule has 0 atom stereocenters. The average Bonchev–Trinajstić information content (AvgIpc) is 2.01. The highest BCUT2D eigenvalue weighted by Gasteiger charge is 2.06. The van der Waals surface area contributed by atoms with Gasteiger partial charge in [-0.1, -0.05) is 23.2 Å². The molecule has 1 aromatic rings. The summed E-state index contributed by atoms with van der Waals surface area (Å²) in [5.74, 6) is -0.679. The predicted octanol–water partition coefficient (Wildman–Crippen LogP) is 1.51. The zero-order valence-corrected chi connectivity index (χ0v) is 7.23. The summed E-state index contributed by atoms with van der Waals surface area (Å²) in [6.45, 7) is 0. The van der Waals surface area contributed by atoms with Gasteiger partial charge in [0, 0.05) is 5.56 Å². The lowest BCUT2D eigenvalue weighted by Gasteiger charge is -1.98. The minimum atomic E-state index is -0.679. The normalized spacial score (nSPS) is 9.58. The van der Waals surface area contributed by atoms with Crippen LogP contribution in [0.3, 0.4) is 0 Å². The maximum absolute atomic E-state index is 10.8. The van der Waals surface area contributed by atoms with Crippen molar-refractivity contribution < 1.29 is 10.0 Å². The van der Waals surface area contributed by atoms with E-state index in [9.17, 15) is 4.79 Å². The molecule has 0 unspecified atom stereocenters.